The van der Waals surface area contributed by atoms with Crippen LogP contribution in [0.2, 0.25) is 6.04 Å². The molecule has 0 aromatic carbocycles. The van der Waals surface area contributed by atoms with Gasteiger partial charge in [0, 0.05) is 25.9 Å². The second kappa shape index (κ2) is 20.6. The quantitative estimate of drug-likeness (QED) is 0.119. The zero-order valence-corrected chi connectivity index (χ0v) is 22.8. The molecule has 0 radical (unpaired) electrons. The molecule has 0 spiro atoms. The van der Waals surface area contributed by atoms with Crippen molar-refractivity contribution in [1.29, 1.82) is 0 Å². The van der Waals surface area contributed by atoms with Crippen LogP contribution in [-0.4, -0.2) is 74.8 Å². The zero-order valence-electron chi connectivity index (χ0n) is 20.2. The summed E-state index contributed by atoms with van der Waals surface area (Å²) in [5, 5.41) is 8.79. The van der Waals surface area contributed by atoms with Crippen molar-refractivity contribution in [2.45, 2.75) is 78.0 Å². The van der Waals surface area contributed by atoms with Gasteiger partial charge in [0.1, 0.15) is 5.91 Å². The van der Waals surface area contributed by atoms with Gasteiger partial charge in [-0.3, -0.25) is 0 Å². The Morgan fingerprint density at radius 1 is 1.10 bits per heavy atom. The number of carboxylic acid groups (broad SMARTS) is 1. The van der Waals surface area contributed by atoms with Gasteiger partial charge >= 0.3 is 21.2 Å². The second-order valence-corrected chi connectivity index (χ2v) is 11.2. The molecule has 0 aromatic heterocycles. The molecule has 0 saturated heterocycles. The number of hydrogen-bond donors (Lipinski definition) is 1. The summed E-state index contributed by atoms with van der Waals surface area (Å²) >= 11 is 0. The van der Waals surface area contributed by atoms with E-state index in [1.54, 1.807) is 5.70 Å². The van der Waals surface area contributed by atoms with Gasteiger partial charge in [-0.05, 0) is 46.2 Å². The van der Waals surface area contributed by atoms with Crippen LogP contribution in [0.4, 0.5) is 0 Å². The molecule has 0 aliphatic carbocycles. The van der Waals surface area contributed by atoms with Gasteiger partial charge in [-0.15, -0.1) is 0 Å². The lowest BCUT2D eigenvalue weighted by Gasteiger charge is -2.22. The van der Waals surface area contributed by atoms with E-state index in [0.717, 1.165) is 18.9 Å². The molecule has 0 atom stereocenters. The minimum atomic E-state index is -1.88. The Labute approximate surface area is 191 Å². The highest BCUT2D eigenvalue weighted by atomic mass is 28.3. The van der Waals surface area contributed by atoms with Crippen LogP contribution < -0.4 is 0 Å². The fraction of sp³-hybridized carbons (Fsp3) is 0.714. The van der Waals surface area contributed by atoms with Crippen LogP contribution in [-0.2, 0) is 32.7 Å². The van der Waals surface area contributed by atoms with Gasteiger partial charge in [-0.2, -0.15) is 0 Å². The molecule has 182 valence electrons. The molecule has 0 rings (SSSR count). The lowest BCUT2D eigenvalue weighted by atomic mass is 10.2. The zero-order chi connectivity index (χ0) is 24.2. The first-order chi connectivity index (χ1) is 14.6. The van der Waals surface area contributed by atoms with E-state index in [-0.39, 0.29) is 24.1 Å². The first-order valence-corrected chi connectivity index (χ1v) is 14.1. The molecule has 0 bridgehead atoms. The molecule has 0 aliphatic heterocycles. The Kier molecular flexibility index (Phi) is 21.2. The average Bonchev–Trinajstić information content (AvgIpc) is 2.69. The van der Waals surface area contributed by atoms with Gasteiger partial charge in [0.2, 0.25) is 0 Å². The molecule has 0 unspecified atom stereocenters. The fourth-order valence-corrected chi connectivity index (χ4v) is 5.32. The van der Waals surface area contributed by atoms with Crippen LogP contribution in [0, 0.1) is 0 Å². The Morgan fingerprint density at radius 2 is 1.65 bits per heavy atom. The fourth-order valence-electron chi connectivity index (χ4n) is 2.35. The number of carbonyl (C=O) groups is 2. The van der Waals surface area contributed by atoms with E-state index < -0.39 is 24.8 Å². The number of hydrogen-bond acceptors (Lipinski definition) is 7. The highest BCUT2D eigenvalue weighted by molar-refractivity contribution is 6.51. The average molecular weight is 479 g/mol. The summed E-state index contributed by atoms with van der Waals surface area (Å²) in [7, 11) is 0.707. The summed E-state index contributed by atoms with van der Waals surface area (Å²) < 4.78 is 26.4. The molecule has 0 amide bonds. The molecule has 0 aromatic rings. The van der Waals surface area contributed by atoms with Gasteiger partial charge < -0.3 is 28.2 Å². The van der Waals surface area contributed by atoms with Crippen LogP contribution in [0.5, 0.6) is 0 Å². The van der Waals surface area contributed by atoms with E-state index in [2.05, 4.69) is 6.58 Å². The summed E-state index contributed by atoms with van der Waals surface area (Å²) in [6, 6.07) is 1.04. The molecule has 0 fully saturated rings. The van der Waals surface area contributed by atoms with E-state index in [4.69, 9.17) is 28.2 Å². The molecule has 10 heteroatoms. The van der Waals surface area contributed by atoms with Gasteiger partial charge in [-0.1, -0.05) is 26.0 Å². The topological polar surface area (TPSA) is 101 Å². The monoisotopic (exact) mass is 478 g/mol. The van der Waals surface area contributed by atoms with E-state index in [1.165, 1.54) is 20.3 Å². The van der Waals surface area contributed by atoms with E-state index in [0.29, 0.717) is 18.6 Å². The molecule has 0 saturated carbocycles. The van der Waals surface area contributed by atoms with Crippen molar-refractivity contribution in [3.05, 3.63) is 23.9 Å². The number of carboxylic acids is 1. The Bertz CT molecular complexity index is 510. The van der Waals surface area contributed by atoms with Gasteiger partial charge in [0.25, 0.3) is 0 Å². The van der Waals surface area contributed by atoms with Crippen LogP contribution in [0.25, 0.3) is 0 Å². The maximum absolute atomic E-state index is 10.8. The molecule has 0 heterocycles. The molecule has 8 nitrogen and oxygen atoms in total. The third kappa shape index (κ3) is 20.4. The molecular weight excluding hydrogens is 436 g/mol. The SMILES string of the molecule is C=CC(=O)OCCC[SiH2]C(OC(C)C)OC(C)C.CCCC(=C[SiH](OC)OC)C(=O)O. The highest BCUT2D eigenvalue weighted by Gasteiger charge is 2.14. The third-order valence-electron chi connectivity index (χ3n) is 3.69. The summed E-state index contributed by atoms with van der Waals surface area (Å²) in [5.41, 5.74) is 2.01. The van der Waals surface area contributed by atoms with Crippen LogP contribution in [0.1, 0.15) is 53.9 Å². The number of aliphatic carboxylic acids is 1. The minimum Gasteiger partial charge on any atom is -0.478 e. The summed E-state index contributed by atoms with van der Waals surface area (Å²) in [4.78, 5) is 21.5. The first kappa shape index (κ1) is 31.9. The van der Waals surface area contributed by atoms with Crippen molar-refractivity contribution in [3.8, 4) is 0 Å². The van der Waals surface area contributed by atoms with Crippen molar-refractivity contribution in [1.82, 2.24) is 0 Å². The Balaban J connectivity index is 0. The highest BCUT2D eigenvalue weighted by Crippen LogP contribution is 2.07. The maximum atomic E-state index is 10.8. The van der Waals surface area contributed by atoms with Gasteiger partial charge in [0.15, 0.2) is 0 Å². The van der Waals surface area contributed by atoms with E-state index in [1.807, 2.05) is 34.6 Å². The summed E-state index contributed by atoms with van der Waals surface area (Å²) in [6.45, 7) is 13.8. The van der Waals surface area contributed by atoms with Crippen LogP contribution in [0.3, 0.4) is 0 Å². The number of carbonyl (C=O) groups excluding carboxylic acids is 1. The standard InChI is InChI=1S/C13H26O4Si.C8H16O4Si/c1-6-12(14)15-8-7-9-18-13(16-10(2)3)17-11(4)5;1-4-5-7(8(9)10)6-13(11-2)12-3/h6,10-11,13H,1,7-9,18H2,2-5H3;6,13H,4-5H2,1-3H3,(H,9,10). The van der Waals surface area contributed by atoms with Crippen LogP contribution >= 0.6 is 0 Å². The van der Waals surface area contributed by atoms with Crippen molar-refractivity contribution < 1.29 is 37.8 Å². The number of esters is 1. The Morgan fingerprint density at radius 3 is 2.03 bits per heavy atom. The minimum absolute atomic E-state index is 0.0416. The molecule has 31 heavy (non-hydrogen) atoms. The lowest BCUT2D eigenvalue weighted by molar-refractivity contribution is -0.137. The predicted molar refractivity (Wildman–Crippen MR) is 127 cm³/mol. The lowest BCUT2D eigenvalue weighted by Crippen LogP contribution is -2.30. The smallest absolute Gasteiger partial charge is 0.348 e. The Hall–Kier alpha value is -1.31. The van der Waals surface area contributed by atoms with Crippen molar-refractivity contribution >= 4 is 30.7 Å². The van der Waals surface area contributed by atoms with Crippen molar-refractivity contribution in [3.63, 3.8) is 0 Å². The van der Waals surface area contributed by atoms with Gasteiger partial charge in [-0.25, -0.2) is 9.59 Å². The van der Waals surface area contributed by atoms with E-state index in [9.17, 15) is 9.59 Å². The third-order valence-corrected chi connectivity index (χ3v) is 7.06. The summed E-state index contributed by atoms with van der Waals surface area (Å²) in [6.07, 6.45) is 3.78. The predicted octanol–water partition coefficient (Wildman–Crippen LogP) is 2.68. The van der Waals surface area contributed by atoms with E-state index >= 15 is 0 Å². The second-order valence-electron chi connectivity index (χ2n) is 7.25. The largest absolute Gasteiger partial charge is 0.478 e. The molecule has 1 N–H and O–H groups in total. The summed E-state index contributed by atoms with van der Waals surface area (Å²) in [5.74, 6) is -1.28. The van der Waals surface area contributed by atoms with Crippen molar-refractivity contribution in [2.24, 2.45) is 0 Å². The normalized spacial score (nSPS) is 12.0. The first-order valence-electron chi connectivity index (χ1n) is 10.7. The van der Waals surface area contributed by atoms with Crippen LogP contribution in [0.15, 0.2) is 23.9 Å². The molecule has 0 aliphatic rings. The number of rotatable bonds is 16. The van der Waals surface area contributed by atoms with Gasteiger partial charge in [0.05, 0.1) is 28.3 Å². The number of ether oxygens (including phenoxy) is 3. The van der Waals surface area contributed by atoms with Crippen molar-refractivity contribution in [2.75, 3.05) is 20.8 Å². The maximum Gasteiger partial charge on any atom is 0.348 e. The molecular formula is C21H42O8Si2.